The molecule has 0 aliphatic carbocycles. The number of carbonyl (C=O) groups excluding carboxylic acids is 1. The number of nitrogens with zero attached hydrogens (tertiary/aromatic N) is 2. The second-order valence-corrected chi connectivity index (χ2v) is 12.1. The molecule has 44 heavy (non-hydrogen) atoms. The number of ether oxygens (including phenoxy) is 2. The van der Waals surface area contributed by atoms with Crippen LogP contribution in [0.2, 0.25) is 10.0 Å². The van der Waals surface area contributed by atoms with E-state index < -0.39 is 10.0 Å². The standard InChI is InChI=1S/C20H17ClN2O4S.C12H11ClN2O/c1-13-9-17(5-8-20(13)27-18-10-16(21)11-22-12-18)23-28(25,26)19-6-3-15(4-7-19)14(2)24;1-8-4-10(14)2-3-12(8)16-11-5-9(13)6-15-7-11/h3-12,23H,1-2H3;2-7H,14H2,1H3. The Labute approximate surface area is 265 Å². The molecule has 2 aromatic heterocycles. The summed E-state index contributed by atoms with van der Waals surface area (Å²) in [7, 11) is -3.78. The molecule has 226 valence electrons. The van der Waals surface area contributed by atoms with Gasteiger partial charge in [0, 0.05) is 41.5 Å². The molecule has 0 atom stereocenters. The van der Waals surface area contributed by atoms with Crippen molar-refractivity contribution >= 4 is 50.4 Å². The molecule has 12 heteroatoms. The van der Waals surface area contributed by atoms with E-state index in [0.717, 1.165) is 16.9 Å². The second kappa shape index (κ2) is 14.2. The molecule has 5 aromatic rings. The Morgan fingerprint density at radius 3 is 1.75 bits per heavy atom. The summed E-state index contributed by atoms with van der Waals surface area (Å²) in [6.45, 7) is 5.16. The molecule has 0 saturated carbocycles. The highest BCUT2D eigenvalue weighted by Gasteiger charge is 2.15. The SMILES string of the molecule is CC(=O)c1ccc(S(=O)(=O)Nc2ccc(Oc3cncc(Cl)c3)c(C)c2)cc1.Cc1cc(N)ccc1Oc1cncc(Cl)c1. The summed E-state index contributed by atoms with van der Waals surface area (Å²) in [6.07, 6.45) is 6.21. The van der Waals surface area contributed by atoms with Crippen molar-refractivity contribution in [3.8, 4) is 23.0 Å². The lowest BCUT2D eigenvalue weighted by molar-refractivity contribution is 0.101. The molecule has 5 rings (SSSR count). The minimum atomic E-state index is -3.78. The summed E-state index contributed by atoms with van der Waals surface area (Å²) in [5, 5.41) is 1.00. The van der Waals surface area contributed by atoms with Crippen molar-refractivity contribution in [2.45, 2.75) is 25.7 Å². The predicted molar refractivity (Wildman–Crippen MR) is 173 cm³/mol. The van der Waals surface area contributed by atoms with E-state index in [1.807, 2.05) is 19.1 Å². The van der Waals surface area contributed by atoms with Gasteiger partial charge in [0.15, 0.2) is 5.78 Å². The molecule has 0 aliphatic rings. The Morgan fingerprint density at radius 1 is 0.750 bits per heavy atom. The molecule has 0 saturated heterocycles. The van der Waals surface area contributed by atoms with Crippen LogP contribution in [0.4, 0.5) is 11.4 Å². The van der Waals surface area contributed by atoms with Crippen LogP contribution in [-0.2, 0) is 10.0 Å². The molecule has 0 fully saturated rings. The van der Waals surface area contributed by atoms with Gasteiger partial charge in [0.25, 0.3) is 10.0 Å². The molecule has 0 aliphatic heterocycles. The number of rotatable bonds is 8. The number of hydrogen-bond donors (Lipinski definition) is 2. The van der Waals surface area contributed by atoms with Gasteiger partial charge in [-0.1, -0.05) is 35.3 Å². The number of aryl methyl sites for hydroxylation is 2. The van der Waals surface area contributed by atoms with Gasteiger partial charge in [-0.05, 0) is 80.4 Å². The molecule has 2 heterocycles. The van der Waals surface area contributed by atoms with Gasteiger partial charge in [0.1, 0.15) is 23.0 Å². The van der Waals surface area contributed by atoms with Crippen LogP contribution >= 0.6 is 23.2 Å². The van der Waals surface area contributed by atoms with Crippen molar-refractivity contribution in [3.05, 3.63) is 124 Å². The fourth-order valence-electron chi connectivity index (χ4n) is 3.85. The van der Waals surface area contributed by atoms with E-state index in [9.17, 15) is 13.2 Å². The van der Waals surface area contributed by atoms with E-state index in [4.69, 9.17) is 38.4 Å². The fourth-order valence-corrected chi connectivity index (χ4v) is 5.22. The van der Waals surface area contributed by atoms with E-state index in [1.54, 1.807) is 55.7 Å². The van der Waals surface area contributed by atoms with Gasteiger partial charge in [-0.3, -0.25) is 19.5 Å². The molecule has 0 radical (unpaired) electrons. The Balaban J connectivity index is 0.000000233. The average Bonchev–Trinajstić information content (AvgIpc) is 2.96. The zero-order valence-electron chi connectivity index (χ0n) is 23.9. The van der Waals surface area contributed by atoms with Crippen LogP contribution in [0.15, 0.2) is 102 Å². The van der Waals surface area contributed by atoms with Gasteiger partial charge in [0.2, 0.25) is 0 Å². The van der Waals surface area contributed by atoms with Crippen molar-refractivity contribution < 1.29 is 22.7 Å². The molecule has 9 nitrogen and oxygen atoms in total. The van der Waals surface area contributed by atoms with Crippen LogP contribution in [0.3, 0.4) is 0 Å². The Kier molecular flexibility index (Phi) is 10.4. The molecular weight excluding hydrogens is 623 g/mol. The topological polar surface area (TPSA) is 134 Å². The van der Waals surface area contributed by atoms with Crippen molar-refractivity contribution in [1.29, 1.82) is 0 Å². The lowest BCUT2D eigenvalue weighted by Gasteiger charge is -2.12. The first-order valence-corrected chi connectivity index (χ1v) is 15.3. The van der Waals surface area contributed by atoms with E-state index in [0.29, 0.717) is 44.2 Å². The first kappa shape index (κ1) is 32.3. The fraction of sp³-hybridized carbons (Fsp3) is 0.0938. The normalized spacial score (nSPS) is 10.8. The number of anilines is 2. The van der Waals surface area contributed by atoms with Gasteiger partial charge in [-0.2, -0.15) is 0 Å². The first-order chi connectivity index (χ1) is 20.9. The van der Waals surface area contributed by atoms with Crippen LogP contribution in [0.1, 0.15) is 28.4 Å². The summed E-state index contributed by atoms with van der Waals surface area (Å²) in [5.74, 6) is 2.27. The largest absolute Gasteiger partial charge is 0.455 e. The highest BCUT2D eigenvalue weighted by atomic mass is 35.5. The third-order valence-electron chi connectivity index (χ3n) is 6.01. The number of nitrogen functional groups attached to an aromatic ring is 1. The van der Waals surface area contributed by atoms with E-state index in [1.165, 1.54) is 43.6 Å². The Hall–Kier alpha value is -4.64. The monoisotopic (exact) mass is 650 g/mol. The van der Waals surface area contributed by atoms with Crippen molar-refractivity contribution in [1.82, 2.24) is 9.97 Å². The predicted octanol–water partition coefficient (Wildman–Crippen LogP) is 8.26. The minimum absolute atomic E-state index is 0.0699. The number of ketones is 1. The Bertz CT molecular complexity index is 1900. The first-order valence-electron chi connectivity index (χ1n) is 13.1. The summed E-state index contributed by atoms with van der Waals surface area (Å²) in [6, 6.07) is 19.5. The number of nitrogens with two attached hydrogens (primary N) is 1. The molecule has 3 N–H and O–H groups in total. The molecule has 0 unspecified atom stereocenters. The quantitative estimate of drug-likeness (QED) is 0.127. The highest BCUT2D eigenvalue weighted by Crippen LogP contribution is 2.30. The Morgan fingerprint density at radius 2 is 1.27 bits per heavy atom. The lowest BCUT2D eigenvalue weighted by Crippen LogP contribution is -2.13. The summed E-state index contributed by atoms with van der Waals surface area (Å²) >= 11 is 11.7. The van der Waals surface area contributed by atoms with Gasteiger partial charge >= 0.3 is 0 Å². The summed E-state index contributed by atoms with van der Waals surface area (Å²) in [4.78, 5) is 19.3. The minimum Gasteiger partial charge on any atom is -0.455 e. The van der Waals surface area contributed by atoms with Gasteiger partial charge < -0.3 is 15.2 Å². The van der Waals surface area contributed by atoms with Crippen LogP contribution in [0.5, 0.6) is 23.0 Å². The molecular formula is C32H28Cl2N4O5S. The number of hydrogen-bond acceptors (Lipinski definition) is 8. The number of Topliss-reactive ketones (excluding diaryl/α,β-unsaturated/α-hetero) is 1. The third-order valence-corrected chi connectivity index (χ3v) is 7.82. The number of carbonyl (C=O) groups is 1. The lowest BCUT2D eigenvalue weighted by atomic mass is 10.2. The summed E-state index contributed by atoms with van der Waals surface area (Å²) < 4.78 is 39.0. The third kappa shape index (κ3) is 8.93. The van der Waals surface area contributed by atoms with E-state index in [-0.39, 0.29) is 10.7 Å². The molecule has 0 bridgehead atoms. The number of halogens is 2. The maximum Gasteiger partial charge on any atom is 0.261 e. The van der Waals surface area contributed by atoms with Crippen LogP contribution in [-0.4, -0.2) is 24.2 Å². The zero-order valence-corrected chi connectivity index (χ0v) is 26.2. The number of pyridine rings is 2. The van der Waals surface area contributed by atoms with Gasteiger partial charge in [0.05, 0.1) is 27.3 Å². The number of aromatic nitrogens is 2. The van der Waals surface area contributed by atoms with Crippen molar-refractivity contribution in [2.75, 3.05) is 10.5 Å². The smallest absolute Gasteiger partial charge is 0.261 e. The molecule has 0 spiro atoms. The van der Waals surface area contributed by atoms with E-state index >= 15 is 0 Å². The second-order valence-electron chi connectivity index (χ2n) is 9.57. The van der Waals surface area contributed by atoms with Crippen LogP contribution in [0.25, 0.3) is 0 Å². The zero-order chi connectivity index (χ0) is 31.9. The van der Waals surface area contributed by atoms with Crippen LogP contribution in [0, 0.1) is 13.8 Å². The van der Waals surface area contributed by atoms with Crippen molar-refractivity contribution in [2.24, 2.45) is 0 Å². The van der Waals surface area contributed by atoms with Crippen LogP contribution < -0.4 is 19.9 Å². The van der Waals surface area contributed by atoms with Crippen molar-refractivity contribution in [3.63, 3.8) is 0 Å². The van der Waals surface area contributed by atoms with Gasteiger partial charge in [-0.15, -0.1) is 0 Å². The van der Waals surface area contributed by atoms with E-state index in [2.05, 4.69) is 14.7 Å². The number of sulfonamides is 1. The summed E-state index contributed by atoms with van der Waals surface area (Å²) in [5.41, 5.74) is 8.92. The number of nitrogens with one attached hydrogen (secondary N) is 1. The maximum atomic E-state index is 12.6. The number of benzene rings is 3. The maximum absolute atomic E-state index is 12.6. The molecule has 3 aromatic carbocycles. The molecule has 0 amide bonds. The van der Waals surface area contributed by atoms with Gasteiger partial charge in [-0.25, -0.2) is 8.42 Å². The highest BCUT2D eigenvalue weighted by molar-refractivity contribution is 7.92. The average molecular weight is 652 g/mol.